The number of benzene rings is 3. The molecule has 0 aliphatic heterocycles. The van der Waals surface area contributed by atoms with Crippen LogP contribution in [-0.4, -0.2) is 4.98 Å². The van der Waals surface area contributed by atoms with Gasteiger partial charge in [-0.3, -0.25) is 4.98 Å². The fraction of sp³-hybridized carbons (Fsp3) is 0.0952. The van der Waals surface area contributed by atoms with Gasteiger partial charge < -0.3 is 0 Å². The van der Waals surface area contributed by atoms with Crippen molar-refractivity contribution in [3.8, 4) is 11.1 Å². The molecule has 0 spiro atoms. The number of pyridine rings is 1. The molecule has 0 radical (unpaired) electrons. The number of nitrogens with zero attached hydrogens (tertiary/aromatic N) is 1. The molecule has 1 aromatic heterocycles. The molecule has 1 heterocycles. The van der Waals surface area contributed by atoms with Gasteiger partial charge in [-0.25, -0.2) is 0 Å². The SMILES string of the molecule is Cc1cccc2c1Cc1c-2cnc2c1ccc1ccccc12. The first kappa shape index (κ1) is 11.9. The summed E-state index contributed by atoms with van der Waals surface area (Å²) in [6.45, 7) is 2.20. The van der Waals surface area contributed by atoms with Crippen LogP contribution in [0.15, 0.2) is 60.8 Å². The predicted octanol–water partition coefficient (Wildman–Crippen LogP) is 5.27. The van der Waals surface area contributed by atoms with Gasteiger partial charge in [-0.15, -0.1) is 0 Å². The Hall–Kier alpha value is -2.67. The molecule has 1 aliphatic carbocycles. The van der Waals surface area contributed by atoms with Crippen molar-refractivity contribution in [2.45, 2.75) is 13.3 Å². The fourth-order valence-electron chi connectivity index (χ4n) is 3.78. The molecule has 0 N–H and O–H groups in total. The summed E-state index contributed by atoms with van der Waals surface area (Å²) < 4.78 is 0. The van der Waals surface area contributed by atoms with E-state index in [4.69, 9.17) is 4.98 Å². The molecule has 4 aromatic rings. The molecule has 0 saturated heterocycles. The highest BCUT2D eigenvalue weighted by Crippen LogP contribution is 2.41. The van der Waals surface area contributed by atoms with E-state index in [1.807, 2.05) is 0 Å². The van der Waals surface area contributed by atoms with E-state index in [2.05, 4.69) is 67.7 Å². The Morgan fingerprint density at radius 3 is 2.64 bits per heavy atom. The van der Waals surface area contributed by atoms with E-state index in [1.54, 1.807) is 0 Å². The minimum Gasteiger partial charge on any atom is -0.255 e. The molecule has 5 rings (SSSR count). The predicted molar refractivity (Wildman–Crippen MR) is 92.2 cm³/mol. The molecule has 0 bridgehead atoms. The van der Waals surface area contributed by atoms with Crippen molar-refractivity contribution < 1.29 is 0 Å². The van der Waals surface area contributed by atoms with Gasteiger partial charge in [-0.2, -0.15) is 0 Å². The zero-order chi connectivity index (χ0) is 14.7. The average molecular weight is 281 g/mol. The lowest BCUT2D eigenvalue weighted by molar-refractivity contribution is 1.23. The molecule has 0 amide bonds. The van der Waals surface area contributed by atoms with Crippen LogP contribution in [-0.2, 0) is 6.42 Å². The van der Waals surface area contributed by atoms with E-state index in [0.29, 0.717) is 0 Å². The molecule has 22 heavy (non-hydrogen) atoms. The van der Waals surface area contributed by atoms with E-state index in [1.165, 1.54) is 44.0 Å². The molecular formula is C21H15N. The van der Waals surface area contributed by atoms with Crippen molar-refractivity contribution in [2.24, 2.45) is 0 Å². The fourth-order valence-corrected chi connectivity index (χ4v) is 3.78. The smallest absolute Gasteiger partial charge is 0.0783 e. The van der Waals surface area contributed by atoms with Gasteiger partial charge in [-0.1, -0.05) is 54.6 Å². The highest BCUT2D eigenvalue weighted by Gasteiger charge is 2.22. The lowest BCUT2D eigenvalue weighted by Gasteiger charge is -2.08. The lowest BCUT2D eigenvalue weighted by atomic mass is 10.00. The van der Waals surface area contributed by atoms with Gasteiger partial charge in [0.05, 0.1) is 5.52 Å². The second kappa shape index (κ2) is 4.17. The third kappa shape index (κ3) is 1.46. The number of hydrogen-bond donors (Lipinski definition) is 0. The number of aromatic nitrogens is 1. The van der Waals surface area contributed by atoms with Gasteiger partial charge >= 0.3 is 0 Å². The summed E-state index contributed by atoms with van der Waals surface area (Å²) >= 11 is 0. The van der Waals surface area contributed by atoms with Crippen LogP contribution in [0.4, 0.5) is 0 Å². The first-order valence-electron chi connectivity index (χ1n) is 7.71. The highest BCUT2D eigenvalue weighted by molar-refractivity contribution is 6.08. The zero-order valence-electron chi connectivity index (χ0n) is 12.4. The highest BCUT2D eigenvalue weighted by atomic mass is 14.7. The Bertz CT molecular complexity index is 1060. The molecule has 3 aromatic carbocycles. The third-order valence-electron chi connectivity index (χ3n) is 4.93. The standard InChI is InChI=1S/C21H15N/c1-13-5-4-8-16-18(13)11-19-17-10-9-14-6-2-3-7-15(14)21(17)22-12-20(16)19/h2-10,12H,11H2,1H3. The van der Waals surface area contributed by atoms with Crippen molar-refractivity contribution in [2.75, 3.05) is 0 Å². The summed E-state index contributed by atoms with van der Waals surface area (Å²) in [4.78, 5) is 4.81. The molecule has 0 atom stereocenters. The van der Waals surface area contributed by atoms with Gasteiger partial charge in [0.2, 0.25) is 0 Å². The molecular weight excluding hydrogens is 266 g/mol. The van der Waals surface area contributed by atoms with Crippen LogP contribution in [0.5, 0.6) is 0 Å². The Morgan fingerprint density at radius 1 is 0.773 bits per heavy atom. The van der Waals surface area contributed by atoms with Crippen molar-refractivity contribution in [1.29, 1.82) is 0 Å². The van der Waals surface area contributed by atoms with Crippen molar-refractivity contribution >= 4 is 21.7 Å². The second-order valence-corrected chi connectivity index (χ2v) is 6.11. The largest absolute Gasteiger partial charge is 0.255 e. The van der Waals surface area contributed by atoms with Crippen molar-refractivity contribution in [1.82, 2.24) is 4.98 Å². The van der Waals surface area contributed by atoms with Gasteiger partial charge in [-0.05, 0) is 41.0 Å². The van der Waals surface area contributed by atoms with Gasteiger partial charge in [0, 0.05) is 22.5 Å². The minimum absolute atomic E-state index is 1.02. The average Bonchev–Trinajstić information content (AvgIpc) is 2.95. The zero-order valence-corrected chi connectivity index (χ0v) is 12.4. The topological polar surface area (TPSA) is 12.9 Å². The van der Waals surface area contributed by atoms with E-state index < -0.39 is 0 Å². The Morgan fingerprint density at radius 2 is 1.68 bits per heavy atom. The van der Waals surface area contributed by atoms with Crippen LogP contribution >= 0.6 is 0 Å². The van der Waals surface area contributed by atoms with Crippen LogP contribution in [0.3, 0.4) is 0 Å². The number of hydrogen-bond acceptors (Lipinski definition) is 1. The van der Waals surface area contributed by atoms with E-state index in [0.717, 1.165) is 11.9 Å². The van der Waals surface area contributed by atoms with E-state index in [-0.39, 0.29) is 0 Å². The van der Waals surface area contributed by atoms with Crippen LogP contribution in [0, 0.1) is 6.92 Å². The number of rotatable bonds is 0. The van der Waals surface area contributed by atoms with Crippen LogP contribution in [0.25, 0.3) is 32.8 Å². The maximum Gasteiger partial charge on any atom is 0.0783 e. The third-order valence-corrected chi connectivity index (χ3v) is 4.93. The maximum absolute atomic E-state index is 4.81. The summed E-state index contributed by atoms with van der Waals surface area (Å²) in [5.41, 5.74) is 8.06. The summed E-state index contributed by atoms with van der Waals surface area (Å²) in [5.74, 6) is 0. The first-order chi connectivity index (χ1) is 10.8. The van der Waals surface area contributed by atoms with Gasteiger partial charge in [0.15, 0.2) is 0 Å². The van der Waals surface area contributed by atoms with E-state index >= 15 is 0 Å². The molecule has 104 valence electrons. The summed E-state index contributed by atoms with van der Waals surface area (Å²) in [6.07, 6.45) is 3.09. The van der Waals surface area contributed by atoms with Gasteiger partial charge in [0.1, 0.15) is 0 Å². The van der Waals surface area contributed by atoms with Gasteiger partial charge in [0.25, 0.3) is 0 Å². The second-order valence-electron chi connectivity index (χ2n) is 6.11. The van der Waals surface area contributed by atoms with Crippen molar-refractivity contribution in [3.05, 3.63) is 77.5 Å². The summed E-state index contributed by atoms with van der Waals surface area (Å²) in [7, 11) is 0. The summed E-state index contributed by atoms with van der Waals surface area (Å²) in [5, 5.41) is 3.80. The van der Waals surface area contributed by atoms with Crippen LogP contribution in [0.1, 0.15) is 16.7 Å². The quantitative estimate of drug-likeness (QED) is 0.352. The molecule has 0 saturated carbocycles. The molecule has 0 unspecified atom stereocenters. The van der Waals surface area contributed by atoms with Crippen molar-refractivity contribution in [3.63, 3.8) is 0 Å². The number of fused-ring (bicyclic) bond motifs is 7. The number of aryl methyl sites for hydroxylation is 1. The monoisotopic (exact) mass is 281 g/mol. The molecule has 0 fully saturated rings. The lowest BCUT2D eigenvalue weighted by Crippen LogP contribution is -1.89. The Kier molecular flexibility index (Phi) is 2.26. The van der Waals surface area contributed by atoms with Crippen LogP contribution in [0.2, 0.25) is 0 Å². The Balaban J connectivity index is 1.89. The van der Waals surface area contributed by atoms with E-state index in [9.17, 15) is 0 Å². The Labute approximate surface area is 129 Å². The normalized spacial score (nSPS) is 12.6. The summed E-state index contributed by atoms with van der Waals surface area (Å²) in [6, 6.07) is 19.5. The molecule has 1 aliphatic rings. The maximum atomic E-state index is 4.81. The molecule has 1 heteroatoms. The minimum atomic E-state index is 1.02. The first-order valence-corrected chi connectivity index (χ1v) is 7.71. The van der Waals surface area contributed by atoms with Crippen LogP contribution < -0.4 is 0 Å². The molecule has 1 nitrogen and oxygen atoms in total.